The van der Waals surface area contributed by atoms with E-state index in [1.807, 2.05) is 47.3 Å². The van der Waals surface area contributed by atoms with E-state index in [4.69, 9.17) is 11.3 Å². The third-order valence-electron chi connectivity index (χ3n) is 7.25. The zero-order chi connectivity index (χ0) is 28.8. The standard InChI is InChI=1S/C35H22FN5O.Pt/c1-22-7-6-8-23(2)35(22)24-20-39-40(21-24)27-16-26(37-3)17-29(18-27)42-28-11-12-30-31-15-25(36)10-13-32(31)41(33(30)19-28)34-9-4-5-14-38-34;/h4-17,20-21H,1-2H3;/q-2;+2. The van der Waals surface area contributed by atoms with Crippen molar-refractivity contribution in [3.05, 3.63) is 138 Å². The Morgan fingerprint density at radius 2 is 1.72 bits per heavy atom. The molecular formula is C35H22FN5OPt. The predicted molar refractivity (Wildman–Crippen MR) is 161 cm³/mol. The molecule has 43 heavy (non-hydrogen) atoms. The molecule has 0 aliphatic rings. The maximum Gasteiger partial charge on any atom is 2.00 e. The van der Waals surface area contributed by atoms with Crippen molar-refractivity contribution in [3.63, 3.8) is 0 Å². The van der Waals surface area contributed by atoms with Crippen LogP contribution in [0.25, 0.3) is 49.3 Å². The fraction of sp³-hybridized carbons (Fsp3) is 0.0571. The van der Waals surface area contributed by atoms with Crippen LogP contribution >= 0.6 is 0 Å². The van der Waals surface area contributed by atoms with Gasteiger partial charge in [0.2, 0.25) is 0 Å². The van der Waals surface area contributed by atoms with Crippen molar-refractivity contribution in [1.82, 2.24) is 19.3 Å². The molecular weight excluding hydrogens is 720 g/mol. The van der Waals surface area contributed by atoms with Gasteiger partial charge in [0.05, 0.1) is 18.5 Å². The Balaban J connectivity index is 0.00000329. The predicted octanol–water partition coefficient (Wildman–Crippen LogP) is 8.73. The second-order valence-electron chi connectivity index (χ2n) is 10.0. The second-order valence-corrected chi connectivity index (χ2v) is 10.0. The van der Waals surface area contributed by atoms with Crippen LogP contribution < -0.4 is 4.74 Å². The minimum absolute atomic E-state index is 0. The number of hydrogen-bond acceptors (Lipinski definition) is 3. The van der Waals surface area contributed by atoms with Crippen molar-refractivity contribution < 1.29 is 30.2 Å². The van der Waals surface area contributed by atoms with E-state index in [-0.39, 0.29) is 26.9 Å². The summed E-state index contributed by atoms with van der Waals surface area (Å²) in [5.74, 6) is 1.13. The Morgan fingerprint density at radius 1 is 0.884 bits per heavy atom. The molecule has 0 spiro atoms. The quantitative estimate of drug-likeness (QED) is 0.166. The van der Waals surface area contributed by atoms with Gasteiger partial charge in [0.25, 0.3) is 0 Å². The van der Waals surface area contributed by atoms with Crippen molar-refractivity contribution >= 4 is 27.5 Å². The summed E-state index contributed by atoms with van der Waals surface area (Å²) >= 11 is 0. The van der Waals surface area contributed by atoms with E-state index < -0.39 is 0 Å². The molecule has 3 heterocycles. The summed E-state index contributed by atoms with van der Waals surface area (Å²) in [6.45, 7) is 11.8. The number of rotatable bonds is 5. The van der Waals surface area contributed by atoms with Gasteiger partial charge in [-0.25, -0.2) is 9.37 Å². The molecule has 0 bridgehead atoms. The molecule has 0 radical (unpaired) electrons. The average molecular weight is 743 g/mol. The van der Waals surface area contributed by atoms with Crippen molar-refractivity contribution in [2.75, 3.05) is 0 Å². The molecule has 0 fully saturated rings. The molecule has 0 saturated carbocycles. The Kier molecular flexibility index (Phi) is 7.39. The molecule has 7 rings (SSSR count). The molecule has 0 amide bonds. The second kappa shape index (κ2) is 11.3. The van der Waals surface area contributed by atoms with Gasteiger partial charge in [-0.15, -0.1) is 35.7 Å². The van der Waals surface area contributed by atoms with Gasteiger partial charge in [-0.3, -0.25) is 9.53 Å². The van der Waals surface area contributed by atoms with E-state index in [9.17, 15) is 4.39 Å². The zero-order valence-electron chi connectivity index (χ0n) is 23.1. The van der Waals surface area contributed by atoms with Gasteiger partial charge in [0.1, 0.15) is 11.6 Å². The van der Waals surface area contributed by atoms with Crippen LogP contribution in [0.2, 0.25) is 0 Å². The summed E-state index contributed by atoms with van der Waals surface area (Å²) in [5, 5.41) is 6.13. The number of halogens is 1. The molecule has 0 N–H and O–H groups in total. The summed E-state index contributed by atoms with van der Waals surface area (Å²) in [6.07, 6.45) is 5.46. The number of pyridine rings is 1. The molecule has 7 aromatic rings. The van der Waals surface area contributed by atoms with Crippen LogP contribution in [0.5, 0.6) is 11.5 Å². The first kappa shape index (κ1) is 28.1. The van der Waals surface area contributed by atoms with Gasteiger partial charge in [-0.05, 0) is 66.3 Å². The number of hydrogen-bond donors (Lipinski definition) is 0. The van der Waals surface area contributed by atoms with Crippen LogP contribution in [0.3, 0.4) is 0 Å². The van der Waals surface area contributed by atoms with Gasteiger partial charge >= 0.3 is 21.1 Å². The van der Waals surface area contributed by atoms with E-state index in [2.05, 4.69) is 53.0 Å². The van der Waals surface area contributed by atoms with Crippen LogP contribution in [0.4, 0.5) is 10.1 Å². The summed E-state index contributed by atoms with van der Waals surface area (Å²) in [7, 11) is 0. The van der Waals surface area contributed by atoms with E-state index in [1.54, 1.807) is 35.1 Å². The fourth-order valence-electron chi connectivity index (χ4n) is 5.41. The number of aryl methyl sites for hydroxylation is 2. The summed E-state index contributed by atoms with van der Waals surface area (Å²) in [5.41, 5.74) is 6.90. The summed E-state index contributed by atoms with van der Waals surface area (Å²) in [6, 6.07) is 30.1. The van der Waals surface area contributed by atoms with Crippen LogP contribution in [0.1, 0.15) is 11.1 Å². The minimum atomic E-state index is -0.319. The minimum Gasteiger partial charge on any atom is -0.510 e. The van der Waals surface area contributed by atoms with Crippen LogP contribution in [-0.2, 0) is 21.1 Å². The third kappa shape index (κ3) is 5.11. The topological polar surface area (TPSA) is 49.2 Å². The molecule has 0 saturated heterocycles. The monoisotopic (exact) mass is 742 g/mol. The third-order valence-corrected chi connectivity index (χ3v) is 7.25. The zero-order valence-corrected chi connectivity index (χ0v) is 25.3. The number of ether oxygens (including phenoxy) is 1. The summed E-state index contributed by atoms with van der Waals surface area (Å²) < 4.78 is 24.1. The molecule has 4 aromatic carbocycles. The number of nitrogens with zero attached hydrogens (tertiary/aromatic N) is 5. The molecule has 0 atom stereocenters. The molecule has 0 aliphatic heterocycles. The number of aromatic nitrogens is 4. The maximum atomic E-state index is 14.2. The Bertz CT molecular complexity index is 2160. The smallest absolute Gasteiger partial charge is 0.510 e. The first-order chi connectivity index (χ1) is 20.5. The molecule has 0 unspecified atom stereocenters. The van der Waals surface area contributed by atoms with Crippen molar-refractivity contribution in [1.29, 1.82) is 0 Å². The van der Waals surface area contributed by atoms with Gasteiger partial charge in [0, 0.05) is 35.0 Å². The number of benzene rings is 4. The Hall–Kier alpha value is -5.05. The molecule has 8 heteroatoms. The molecule has 6 nitrogen and oxygen atoms in total. The number of fused-ring (bicyclic) bond motifs is 3. The van der Waals surface area contributed by atoms with Crippen LogP contribution in [0, 0.1) is 38.4 Å². The van der Waals surface area contributed by atoms with E-state index in [0.717, 1.165) is 38.5 Å². The average Bonchev–Trinajstić information content (AvgIpc) is 3.60. The van der Waals surface area contributed by atoms with Gasteiger partial charge in [-0.1, -0.05) is 35.5 Å². The van der Waals surface area contributed by atoms with Gasteiger partial charge < -0.3 is 9.30 Å². The first-order valence-corrected chi connectivity index (χ1v) is 13.3. The van der Waals surface area contributed by atoms with Crippen LogP contribution in [-0.4, -0.2) is 19.3 Å². The van der Waals surface area contributed by atoms with Crippen molar-refractivity contribution in [2.45, 2.75) is 13.8 Å². The largest absolute Gasteiger partial charge is 2.00 e. The van der Waals surface area contributed by atoms with Gasteiger partial charge in [0.15, 0.2) is 0 Å². The summed E-state index contributed by atoms with van der Waals surface area (Å²) in [4.78, 5) is 8.16. The Morgan fingerprint density at radius 3 is 2.49 bits per heavy atom. The Labute approximate surface area is 262 Å². The molecule has 210 valence electrons. The van der Waals surface area contributed by atoms with Gasteiger partial charge in [-0.2, -0.15) is 11.2 Å². The van der Waals surface area contributed by atoms with E-state index in [1.165, 1.54) is 12.1 Å². The fourth-order valence-corrected chi connectivity index (χ4v) is 5.41. The van der Waals surface area contributed by atoms with Crippen LogP contribution in [0.15, 0.2) is 97.5 Å². The molecule has 3 aromatic heterocycles. The van der Waals surface area contributed by atoms with Crippen molar-refractivity contribution in [2.24, 2.45) is 0 Å². The van der Waals surface area contributed by atoms with Crippen molar-refractivity contribution in [3.8, 4) is 34.1 Å². The van der Waals surface area contributed by atoms with E-state index in [0.29, 0.717) is 34.2 Å². The molecule has 0 aliphatic carbocycles. The maximum absolute atomic E-state index is 14.2. The SMILES string of the molecule is [C-]#[N+]c1cc(Oc2[c-]c3c(cc2)c2cc(F)ccc2n3-c2ccccn2)[c-]c(-n2cc(-c3c(C)cccc3C)cn2)c1.[Pt+2]. The normalized spacial score (nSPS) is 10.9. The van der Waals surface area contributed by atoms with E-state index >= 15 is 0 Å². The first-order valence-electron chi connectivity index (χ1n) is 13.3.